The second-order valence-electron chi connectivity index (χ2n) is 6.12. The van der Waals surface area contributed by atoms with Crippen molar-refractivity contribution in [1.29, 1.82) is 0 Å². The summed E-state index contributed by atoms with van der Waals surface area (Å²) < 4.78 is 30.4. The van der Waals surface area contributed by atoms with Crippen LogP contribution in [0.1, 0.15) is 19.3 Å². The lowest BCUT2D eigenvalue weighted by Gasteiger charge is -2.27. The Morgan fingerprint density at radius 3 is 2.76 bits per heavy atom. The van der Waals surface area contributed by atoms with Crippen LogP contribution in [0.2, 0.25) is 0 Å². The molecule has 0 aliphatic carbocycles. The monoisotopic (exact) mass is 318 g/mol. The fourth-order valence-electron chi connectivity index (χ4n) is 3.36. The standard InChI is InChI=1S/C13H22N2O5S/c1-21(17,18)14-7-11-10(9-19-12(11)8-14)6-13(16)15-4-2-3-5-20-15/h10-12H,2-9H2,1H3/t10-,11-,12-/m0/s1. The minimum absolute atomic E-state index is 0.0123. The van der Waals surface area contributed by atoms with Crippen molar-refractivity contribution in [2.45, 2.75) is 25.4 Å². The molecule has 0 unspecified atom stereocenters. The van der Waals surface area contributed by atoms with Crippen LogP contribution >= 0.6 is 0 Å². The lowest BCUT2D eigenvalue weighted by Crippen LogP contribution is -2.38. The van der Waals surface area contributed by atoms with Gasteiger partial charge in [0.05, 0.1) is 25.6 Å². The second kappa shape index (κ2) is 5.83. The molecule has 21 heavy (non-hydrogen) atoms. The molecule has 0 saturated carbocycles. The Balaban J connectivity index is 1.58. The molecule has 3 fully saturated rings. The number of sulfonamides is 1. The number of hydrogen-bond acceptors (Lipinski definition) is 5. The van der Waals surface area contributed by atoms with Gasteiger partial charge in [-0.3, -0.25) is 9.63 Å². The van der Waals surface area contributed by atoms with Crippen molar-refractivity contribution in [2.75, 3.05) is 39.1 Å². The van der Waals surface area contributed by atoms with Gasteiger partial charge in [-0.2, -0.15) is 4.31 Å². The highest BCUT2D eigenvalue weighted by Crippen LogP contribution is 2.36. The third-order valence-electron chi connectivity index (χ3n) is 4.59. The van der Waals surface area contributed by atoms with E-state index in [0.717, 1.165) is 12.8 Å². The first kappa shape index (κ1) is 15.2. The number of nitrogens with zero attached hydrogens (tertiary/aromatic N) is 2. The summed E-state index contributed by atoms with van der Waals surface area (Å²) in [6.07, 6.45) is 3.49. The van der Waals surface area contributed by atoms with Crippen LogP contribution in [0.4, 0.5) is 0 Å². The van der Waals surface area contributed by atoms with Crippen LogP contribution < -0.4 is 0 Å². The first-order valence-electron chi connectivity index (χ1n) is 7.45. The highest BCUT2D eigenvalue weighted by molar-refractivity contribution is 7.88. The maximum Gasteiger partial charge on any atom is 0.246 e. The van der Waals surface area contributed by atoms with Crippen LogP contribution in [0, 0.1) is 11.8 Å². The summed E-state index contributed by atoms with van der Waals surface area (Å²) in [6, 6.07) is 0. The molecule has 0 radical (unpaired) electrons. The average Bonchev–Trinajstić information content (AvgIpc) is 3.01. The van der Waals surface area contributed by atoms with E-state index in [0.29, 0.717) is 39.3 Å². The zero-order valence-electron chi connectivity index (χ0n) is 12.2. The second-order valence-corrected chi connectivity index (χ2v) is 8.10. The van der Waals surface area contributed by atoms with E-state index in [1.807, 2.05) is 0 Å². The zero-order valence-corrected chi connectivity index (χ0v) is 13.0. The van der Waals surface area contributed by atoms with Crippen molar-refractivity contribution < 1.29 is 22.8 Å². The van der Waals surface area contributed by atoms with Gasteiger partial charge in [-0.1, -0.05) is 0 Å². The van der Waals surface area contributed by atoms with E-state index >= 15 is 0 Å². The number of hydrogen-bond donors (Lipinski definition) is 0. The van der Waals surface area contributed by atoms with Gasteiger partial charge < -0.3 is 4.74 Å². The van der Waals surface area contributed by atoms with Crippen molar-refractivity contribution in [1.82, 2.24) is 9.37 Å². The van der Waals surface area contributed by atoms with E-state index in [9.17, 15) is 13.2 Å². The number of amides is 1. The summed E-state index contributed by atoms with van der Waals surface area (Å²) in [4.78, 5) is 17.6. The summed E-state index contributed by atoms with van der Waals surface area (Å²) >= 11 is 0. The third-order valence-corrected chi connectivity index (χ3v) is 5.83. The third kappa shape index (κ3) is 3.23. The minimum Gasteiger partial charge on any atom is -0.376 e. The molecule has 120 valence electrons. The Bertz CT molecular complexity index is 503. The van der Waals surface area contributed by atoms with E-state index in [1.165, 1.54) is 15.6 Å². The molecule has 3 rings (SSSR count). The normalized spacial score (nSPS) is 34.1. The van der Waals surface area contributed by atoms with Crippen molar-refractivity contribution in [3.63, 3.8) is 0 Å². The molecule has 3 heterocycles. The Morgan fingerprint density at radius 2 is 2.10 bits per heavy atom. The Hall–Kier alpha value is -0.700. The molecule has 3 aliphatic rings. The van der Waals surface area contributed by atoms with Crippen LogP contribution in [-0.4, -0.2) is 68.9 Å². The molecule has 1 amide bonds. The fraction of sp³-hybridized carbons (Fsp3) is 0.923. The molecule has 0 N–H and O–H groups in total. The summed E-state index contributed by atoms with van der Waals surface area (Å²) in [5.74, 6) is 0.190. The Morgan fingerprint density at radius 1 is 1.29 bits per heavy atom. The molecule has 0 aromatic heterocycles. The maximum atomic E-state index is 12.2. The van der Waals surface area contributed by atoms with Gasteiger partial charge in [0.15, 0.2) is 0 Å². The summed E-state index contributed by atoms with van der Waals surface area (Å²) in [7, 11) is -3.18. The SMILES string of the molecule is CS(=O)(=O)N1C[C@H]2[C@@H](CC(=O)N3CCCCO3)CO[C@H]2C1. The Kier molecular flexibility index (Phi) is 4.22. The molecular weight excluding hydrogens is 296 g/mol. The lowest BCUT2D eigenvalue weighted by molar-refractivity contribution is -0.198. The van der Waals surface area contributed by atoms with Crippen LogP contribution in [0.25, 0.3) is 0 Å². The summed E-state index contributed by atoms with van der Waals surface area (Å²) in [5, 5.41) is 1.46. The van der Waals surface area contributed by atoms with E-state index in [4.69, 9.17) is 9.57 Å². The van der Waals surface area contributed by atoms with Crippen LogP contribution in [0.3, 0.4) is 0 Å². The van der Waals surface area contributed by atoms with Crippen LogP contribution in [-0.2, 0) is 24.4 Å². The van der Waals surface area contributed by atoms with Crippen molar-refractivity contribution in [2.24, 2.45) is 11.8 Å². The molecule has 3 atom stereocenters. The molecular formula is C13H22N2O5S. The number of ether oxygens (including phenoxy) is 1. The quantitative estimate of drug-likeness (QED) is 0.722. The van der Waals surface area contributed by atoms with Crippen molar-refractivity contribution in [3.05, 3.63) is 0 Å². The van der Waals surface area contributed by atoms with Gasteiger partial charge in [0.2, 0.25) is 15.9 Å². The van der Waals surface area contributed by atoms with Gasteiger partial charge in [0.25, 0.3) is 0 Å². The van der Waals surface area contributed by atoms with Gasteiger partial charge in [0.1, 0.15) is 0 Å². The molecule has 0 spiro atoms. The Labute approximate surface area is 125 Å². The smallest absolute Gasteiger partial charge is 0.246 e. The highest BCUT2D eigenvalue weighted by atomic mass is 32.2. The van der Waals surface area contributed by atoms with Gasteiger partial charge in [-0.05, 0) is 18.8 Å². The van der Waals surface area contributed by atoms with Gasteiger partial charge in [-0.25, -0.2) is 13.5 Å². The van der Waals surface area contributed by atoms with Crippen molar-refractivity contribution in [3.8, 4) is 0 Å². The van der Waals surface area contributed by atoms with Gasteiger partial charge in [-0.15, -0.1) is 0 Å². The number of hydroxylamine groups is 2. The number of rotatable bonds is 3. The summed E-state index contributed by atoms with van der Waals surface area (Å²) in [5.41, 5.74) is 0. The summed E-state index contributed by atoms with van der Waals surface area (Å²) in [6.45, 7) is 2.65. The number of carbonyl (C=O) groups is 1. The molecule has 8 heteroatoms. The molecule has 0 aromatic carbocycles. The lowest BCUT2D eigenvalue weighted by atomic mass is 9.90. The molecule has 0 aromatic rings. The zero-order chi connectivity index (χ0) is 15.0. The number of carbonyl (C=O) groups excluding carboxylic acids is 1. The molecule has 0 bridgehead atoms. The van der Waals surface area contributed by atoms with Crippen molar-refractivity contribution >= 4 is 15.9 Å². The van der Waals surface area contributed by atoms with E-state index in [2.05, 4.69) is 0 Å². The van der Waals surface area contributed by atoms with E-state index in [1.54, 1.807) is 0 Å². The minimum atomic E-state index is -3.18. The molecule has 7 nitrogen and oxygen atoms in total. The maximum absolute atomic E-state index is 12.2. The van der Waals surface area contributed by atoms with Gasteiger partial charge >= 0.3 is 0 Å². The predicted octanol–water partition coefficient (Wildman–Crippen LogP) is -0.163. The van der Waals surface area contributed by atoms with Crippen LogP contribution in [0.15, 0.2) is 0 Å². The first-order valence-corrected chi connectivity index (χ1v) is 9.30. The van der Waals surface area contributed by atoms with Crippen LogP contribution in [0.5, 0.6) is 0 Å². The average molecular weight is 318 g/mol. The fourth-order valence-corrected chi connectivity index (χ4v) is 4.22. The highest BCUT2D eigenvalue weighted by Gasteiger charge is 2.47. The predicted molar refractivity (Wildman–Crippen MR) is 74.7 cm³/mol. The molecule has 3 saturated heterocycles. The van der Waals surface area contributed by atoms with E-state index < -0.39 is 10.0 Å². The largest absolute Gasteiger partial charge is 0.376 e. The molecule has 3 aliphatic heterocycles. The topological polar surface area (TPSA) is 76.2 Å². The van der Waals surface area contributed by atoms with Gasteiger partial charge in [0, 0.05) is 32.0 Å². The first-order chi connectivity index (χ1) is 9.95. The van der Waals surface area contributed by atoms with E-state index in [-0.39, 0.29) is 23.8 Å². The number of fused-ring (bicyclic) bond motifs is 1.